The number of rotatable bonds is 9. The Balaban J connectivity index is 1.26. The zero-order valence-electron chi connectivity index (χ0n) is 27.6. The largest absolute Gasteiger partial charge is 0.504 e. The highest BCUT2D eigenvalue weighted by molar-refractivity contribution is 6.33. The number of amides is 3. The normalized spacial score (nSPS) is 15.1. The molecule has 2 aliphatic heterocycles. The Morgan fingerprint density at radius 2 is 1.90 bits per heavy atom. The molecule has 3 aromatic heterocycles. The number of nitrogens with zero attached hydrogens (tertiary/aromatic N) is 8. The molecule has 5 heterocycles. The van der Waals surface area contributed by atoms with Crippen LogP contribution in [0.5, 0.6) is 5.75 Å². The van der Waals surface area contributed by atoms with Crippen molar-refractivity contribution in [1.82, 2.24) is 39.3 Å². The van der Waals surface area contributed by atoms with Crippen LogP contribution in [0.25, 0.3) is 11.4 Å². The maximum absolute atomic E-state index is 14.1. The lowest BCUT2D eigenvalue weighted by atomic mass is 10.1. The summed E-state index contributed by atoms with van der Waals surface area (Å²) < 4.78 is 47.6. The number of ether oxygens (including phenoxy) is 1. The lowest BCUT2D eigenvalue weighted by molar-refractivity contribution is -0.137. The number of benzene rings is 1. The monoisotopic (exact) mass is 744 g/mol. The summed E-state index contributed by atoms with van der Waals surface area (Å²) in [5, 5.41) is 19.0. The summed E-state index contributed by atoms with van der Waals surface area (Å²) in [5.41, 5.74) is -0.312. The van der Waals surface area contributed by atoms with Crippen molar-refractivity contribution in [3.05, 3.63) is 75.0 Å². The first-order valence-electron chi connectivity index (χ1n) is 16.1. The molecule has 52 heavy (non-hydrogen) atoms. The van der Waals surface area contributed by atoms with Gasteiger partial charge >= 0.3 is 6.18 Å². The third-order valence-corrected chi connectivity index (χ3v) is 8.85. The van der Waals surface area contributed by atoms with Gasteiger partial charge in [0.05, 0.1) is 47.9 Å². The number of carbonyl (C=O) groups excluding carboxylic acids is 3. The number of aromatic hydroxyl groups is 1. The van der Waals surface area contributed by atoms with Gasteiger partial charge in [-0.3, -0.25) is 19.2 Å². The quantitative estimate of drug-likeness (QED) is 0.228. The van der Waals surface area contributed by atoms with Crippen molar-refractivity contribution < 1.29 is 37.4 Å². The summed E-state index contributed by atoms with van der Waals surface area (Å²) in [5.74, 6) is -1.85. The highest BCUT2D eigenvalue weighted by Crippen LogP contribution is 2.34. The zero-order chi connectivity index (χ0) is 37.2. The molecule has 2 aliphatic rings. The standard InChI is InChI=1S/C32H32ClF3N10O6/c1-2-22-27(44-9-7-43(8-10-44)25(49)15-38-29(50)26-23(47)14-37-17-39-26)30(51)46-31(41-28(42-46)18-5-11-52-12-6-18)45(22)16-24(48)40-21-4-3-19(13-20(21)33)32(34,35)36/h3-5,13-14,17,47H,2,6-12,15-16H2,1H3,(H,38,50)(H,40,48). The average Bonchev–Trinajstić information content (AvgIpc) is 3.59. The minimum atomic E-state index is -4.62. The molecule has 0 radical (unpaired) electrons. The fraction of sp³-hybridized carbons (Fsp3) is 0.375. The van der Waals surface area contributed by atoms with Crippen LogP contribution in [-0.2, 0) is 33.5 Å². The molecule has 1 fully saturated rings. The van der Waals surface area contributed by atoms with Gasteiger partial charge in [0.15, 0.2) is 17.3 Å². The van der Waals surface area contributed by atoms with Crippen molar-refractivity contribution in [2.45, 2.75) is 32.5 Å². The molecular formula is C32H32ClF3N10O6. The number of halogens is 4. The molecular weight excluding hydrogens is 713 g/mol. The zero-order valence-corrected chi connectivity index (χ0v) is 28.4. The van der Waals surface area contributed by atoms with Crippen LogP contribution in [0.2, 0.25) is 5.02 Å². The molecule has 0 atom stereocenters. The van der Waals surface area contributed by atoms with Crippen molar-refractivity contribution in [2.75, 3.05) is 56.2 Å². The highest BCUT2D eigenvalue weighted by atomic mass is 35.5. The number of anilines is 2. The Morgan fingerprint density at radius 3 is 2.56 bits per heavy atom. The van der Waals surface area contributed by atoms with E-state index in [1.807, 2.05) is 6.08 Å². The van der Waals surface area contributed by atoms with Gasteiger partial charge in [0.25, 0.3) is 11.5 Å². The van der Waals surface area contributed by atoms with Gasteiger partial charge in [-0.25, -0.2) is 9.97 Å². The molecule has 0 spiro atoms. The molecule has 6 rings (SSSR count). The van der Waals surface area contributed by atoms with E-state index in [9.17, 15) is 37.5 Å². The molecule has 274 valence electrons. The van der Waals surface area contributed by atoms with Crippen molar-refractivity contribution in [3.63, 3.8) is 0 Å². The predicted octanol–water partition coefficient (Wildman–Crippen LogP) is 2.14. The third-order valence-electron chi connectivity index (χ3n) is 8.54. The molecule has 3 amide bonds. The highest BCUT2D eigenvalue weighted by Gasteiger charge is 2.32. The number of alkyl halides is 3. The third kappa shape index (κ3) is 7.54. The van der Waals surface area contributed by atoms with Crippen LogP contribution >= 0.6 is 11.6 Å². The van der Waals surface area contributed by atoms with Crippen LogP contribution < -0.4 is 21.1 Å². The van der Waals surface area contributed by atoms with Gasteiger partial charge in [-0.2, -0.15) is 22.7 Å². The molecule has 3 N–H and O–H groups in total. The number of carbonyl (C=O) groups is 3. The lowest BCUT2D eigenvalue weighted by Crippen LogP contribution is -2.52. The first-order valence-corrected chi connectivity index (χ1v) is 16.5. The lowest BCUT2D eigenvalue weighted by Gasteiger charge is -2.36. The second kappa shape index (κ2) is 15.0. The SMILES string of the molecule is CCc1c(N2CCN(C(=O)CNC(=O)c3ncncc3O)CC2)c(=O)n2nc(C3=CCOCC3)nc2n1CC(=O)Nc1ccc(C(F)(F)F)cc1Cl. The average molecular weight is 745 g/mol. The molecule has 0 aliphatic carbocycles. The summed E-state index contributed by atoms with van der Waals surface area (Å²) in [4.78, 5) is 68.3. The smallest absolute Gasteiger partial charge is 0.416 e. The Labute approximate surface area is 297 Å². The Hall–Kier alpha value is -5.56. The van der Waals surface area contributed by atoms with E-state index >= 15 is 0 Å². The molecule has 16 nitrogen and oxygen atoms in total. The van der Waals surface area contributed by atoms with E-state index in [0.717, 1.165) is 40.8 Å². The molecule has 4 aromatic rings. The number of piperazine rings is 1. The molecule has 0 bridgehead atoms. The summed E-state index contributed by atoms with van der Waals surface area (Å²) >= 11 is 6.10. The van der Waals surface area contributed by atoms with E-state index < -0.39 is 47.3 Å². The molecule has 0 unspecified atom stereocenters. The predicted molar refractivity (Wildman–Crippen MR) is 180 cm³/mol. The van der Waals surface area contributed by atoms with E-state index in [2.05, 4.69) is 30.7 Å². The van der Waals surface area contributed by atoms with Gasteiger partial charge in [0.1, 0.15) is 18.6 Å². The van der Waals surface area contributed by atoms with Crippen molar-refractivity contribution >= 4 is 52.0 Å². The van der Waals surface area contributed by atoms with Gasteiger partial charge in [0, 0.05) is 26.2 Å². The fourth-order valence-electron chi connectivity index (χ4n) is 5.95. The number of hydrogen-bond acceptors (Lipinski definition) is 11. The van der Waals surface area contributed by atoms with E-state index in [0.29, 0.717) is 25.3 Å². The minimum absolute atomic E-state index is 0.0321. The molecule has 20 heteroatoms. The van der Waals surface area contributed by atoms with Crippen LogP contribution in [-0.4, -0.2) is 103 Å². The van der Waals surface area contributed by atoms with E-state index in [4.69, 9.17) is 16.3 Å². The summed E-state index contributed by atoms with van der Waals surface area (Å²) in [6, 6.07) is 2.59. The topological polar surface area (TPSA) is 189 Å². The van der Waals surface area contributed by atoms with Gasteiger partial charge in [0.2, 0.25) is 17.6 Å². The van der Waals surface area contributed by atoms with E-state index in [1.165, 1.54) is 9.47 Å². The number of nitrogens with one attached hydrogen (secondary N) is 2. The minimum Gasteiger partial charge on any atom is -0.504 e. The van der Waals surface area contributed by atoms with E-state index in [1.54, 1.807) is 11.8 Å². The summed E-state index contributed by atoms with van der Waals surface area (Å²) in [7, 11) is 0. The molecule has 0 saturated carbocycles. The van der Waals surface area contributed by atoms with Gasteiger partial charge in [-0.05, 0) is 36.6 Å². The van der Waals surface area contributed by atoms with E-state index in [-0.39, 0.29) is 72.8 Å². The summed E-state index contributed by atoms with van der Waals surface area (Å²) in [6.45, 7) is 2.64. The van der Waals surface area contributed by atoms with Crippen molar-refractivity contribution in [1.29, 1.82) is 0 Å². The van der Waals surface area contributed by atoms with Crippen molar-refractivity contribution in [3.8, 4) is 5.75 Å². The van der Waals surface area contributed by atoms with Gasteiger partial charge < -0.3 is 34.8 Å². The maximum atomic E-state index is 14.1. The number of hydrogen-bond donors (Lipinski definition) is 3. The first kappa shape index (κ1) is 36.2. The summed E-state index contributed by atoms with van der Waals surface area (Å²) in [6.07, 6.45) is 0.112. The fourth-order valence-corrected chi connectivity index (χ4v) is 6.18. The first-order chi connectivity index (χ1) is 24.8. The van der Waals surface area contributed by atoms with Crippen LogP contribution in [0, 0.1) is 0 Å². The molecule has 1 saturated heterocycles. The van der Waals surface area contributed by atoms with Gasteiger partial charge in [-0.1, -0.05) is 24.6 Å². The van der Waals surface area contributed by atoms with Crippen LogP contribution in [0.1, 0.15) is 40.9 Å². The van der Waals surface area contributed by atoms with Crippen LogP contribution in [0.15, 0.2) is 41.6 Å². The maximum Gasteiger partial charge on any atom is 0.416 e. The Morgan fingerprint density at radius 1 is 1.13 bits per heavy atom. The number of fused-ring (bicyclic) bond motifs is 1. The second-order valence-electron chi connectivity index (χ2n) is 11.8. The second-order valence-corrected chi connectivity index (χ2v) is 12.2. The number of aromatic nitrogens is 6. The van der Waals surface area contributed by atoms with Crippen LogP contribution in [0.3, 0.4) is 0 Å². The van der Waals surface area contributed by atoms with Gasteiger partial charge in [-0.15, -0.1) is 5.10 Å². The Kier molecular flexibility index (Phi) is 10.4. The molecule has 1 aromatic carbocycles. The van der Waals surface area contributed by atoms with Crippen LogP contribution in [0.4, 0.5) is 24.5 Å². The Bertz CT molecular complexity index is 2130. The van der Waals surface area contributed by atoms with Crippen molar-refractivity contribution in [2.24, 2.45) is 0 Å².